The van der Waals surface area contributed by atoms with Gasteiger partial charge in [-0.2, -0.15) is 0 Å². The van der Waals surface area contributed by atoms with Gasteiger partial charge in [0.1, 0.15) is 5.69 Å². The van der Waals surface area contributed by atoms with Crippen molar-refractivity contribution in [2.24, 2.45) is 16.8 Å². The summed E-state index contributed by atoms with van der Waals surface area (Å²) in [5, 5.41) is 11.8. The minimum Gasteiger partial charge on any atom is -0.409 e. The van der Waals surface area contributed by atoms with Crippen molar-refractivity contribution in [3.63, 3.8) is 0 Å². The minimum absolute atomic E-state index is 0.0793. The summed E-state index contributed by atoms with van der Waals surface area (Å²) >= 11 is 0. The van der Waals surface area contributed by atoms with Crippen molar-refractivity contribution in [3.05, 3.63) is 29.6 Å². The fraction of sp³-hybridized carbons (Fsp3) is 0.538. The van der Waals surface area contributed by atoms with Crippen molar-refractivity contribution < 1.29 is 5.21 Å². The zero-order chi connectivity index (χ0) is 13.0. The molecule has 2 rings (SSSR count). The second-order valence-corrected chi connectivity index (χ2v) is 4.98. The maximum absolute atomic E-state index is 8.77. The lowest BCUT2D eigenvalue weighted by Gasteiger charge is -2.31. The average Bonchev–Trinajstić information content (AvgIpc) is 2.38. The molecule has 18 heavy (non-hydrogen) atoms. The van der Waals surface area contributed by atoms with Gasteiger partial charge in [-0.25, -0.2) is 0 Å². The van der Waals surface area contributed by atoms with E-state index in [2.05, 4.69) is 22.0 Å². The van der Waals surface area contributed by atoms with Gasteiger partial charge >= 0.3 is 0 Å². The standard InChI is InChI=1S/C13H20N4O/c1-10-4-3-7-17(8-10)9-11-5-2-6-15-12(11)13(14)16-18/h2,5-6,10,18H,3-4,7-9H2,1H3,(H2,14,16). The van der Waals surface area contributed by atoms with Crippen molar-refractivity contribution in [2.45, 2.75) is 26.3 Å². The van der Waals surface area contributed by atoms with Crippen molar-refractivity contribution in [2.75, 3.05) is 13.1 Å². The number of piperidine rings is 1. The molecule has 0 bridgehead atoms. The van der Waals surface area contributed by atoms with Gasteiger partial charge in [-0.3, -0.25) is 9.88 Å². The predicted octanol–water partition coefficient (Wildman–Crippen LogP) is 1.41. The van der Waals surface area contributed by atoms with Crippen molar-refractivity contribution in [3.8, 4) is 0 Å². The van der Waals surface area contributed by atoms with Gasteiger partial charge < -0.3 is 10.9 Å². The smallest absolute Gasteiger partial charge is 0.189 e. The zero-order valence-electron chi connectivity index (χ0n) is 10.7. The number of oxime groups is 1. The predicted molar refractivity (Wildman–Crippen MR) is 70.4 cm³/mol. The lowest BCUT2D eigenvalue weighted by molar-refractivity contribution is 0.176. The second kappa shape index (κ2) is 5.82. The van der Waals surface area contributed by atoms with E-state index in [1.54, 1.807) is 6.20 Å². The summed E-state index contributed by atoms with van der Waals surface area (Å²) in [6.45, 7) is 5.29. The molecule has 98 valence electrons. The summed E-state index contributed by atoms with van der Waals surface area (Å²) in [4.78, 5) is 6.59. The van der Waals surface area contributed by atoms with E-state index in [1.807, 2.05) is 12.1 Å². The highest BCUT2D eigenvalue weighted by Crippen LogP contribution is 2.18. The summed E-state index contributed by atoms with van der Waals surface area (Å²) in [7, 11) is 0. The summed E-state index contributed by atoms with van der Waals surface area (Å²) in [6.07, 6.45) is 4.20. The fourth-order valence-electron chi connectivity index (χ4n) is 2.52. The highest BCUT2D eigenvalue weighted by Gasteiger charge is 2.18. The Morgan fingerprint density at radius 1 is 1.67 bits per heavy atom. The van der Waals surface area contributed by atoms with E-state index in [4.69, 9.17) is 10.9 Å². The molecule has 0 aromatic carbocycles. The quantitative estimate of drug-likeness (QED) is 0.367. The molecule has 1 unspecified atom stereocenters. The first-order valence-electron chi connectivity index (χ1n) is 6.35. The Morgan fingerprint density at radius 3 is 3.22 bits per heavy atom. The van der Waals surface area contributed by atoms with Crippen LogP contribution in [0.3, 0.4) is 0 Å². The van der Waals surface area contributed by atoms with E-state index in [0.29, 0.717) is 5.69 Å². The number of rotatable bonds is 3. The molecule has 0 saturated carbocycles. The molecule has 5 nitrogen and oxygen atoms in total. The second-order valence-electron chi connectivity index (χ2n) is 4.98. The van der Waals surface area contributed by atoms with Gasteiger partial charge in [0.2, 0.25) is 0 Å². The summed E-state index contributed by atoms with van der Waals surface area (Å²) < 4.78 is 0. The van der Waals surface area contributed by atoms with Gasteiger partial charge in [-0.05, 0) is 36.9 Å². The Balaban J connectivity index is 2.13. The number of hydrogen-bond donors (Lipinski definition) is 2. The zero-order valence-corrected chi connectivity index (χ0v) is 10.7. The molecule has 0 amide bonds. The Hall–Kier alpha value is -1.62. The number of likely N-dealkylation sites (tertiary alicyclic amines) is 1. The molecule has 1 aliphatic heterocycles. The normalized spacial score (nSPS) is 22.1. The highest BCUT2D eigenvalue weighted by molar-refractivity contribution is 5.96. The van der Waals surface area contributed by atoms with Crippen LogP contribution in [-0.2, 0) is 6.54 Å². The topological polar surface area (TPSA) is 74.7 Å². The largest absolute Gasteiger partial charge is 0.409 e. The van der Waals surface area contributed by atoms with Gasteiger partial charge in [-0.15, -0.1) is 0 Å². The molecule has 1 fully saturated rings. The molecule has 0 aliphatic carbocycles. The average molecular weight is 248 g/mol. The van der Waals surface area contributed by atoms with Crippen molar-refractivity contribution in [1.29, 1.82) is 0 Å². The molecule has 2 heterocycles. The maximum Gasteiger partial charge on any atom is 0.189 e. The number of pyridine rings is 1. The summed E-state index contributed by atoms with van der Waals surface area (Å²) in [6, 6.07) is 3.87. The lowest BCUT2D eigenvalue weighted by Crippen LogP contribution is -2.34. The van der Waals surface area contributed by atoms with E-state index >= 15 is 0 Å². The Labute approximate surface area is 107 Å². The number of hydrogen-bond acceptors (Lipinski definition) is 4. The Kier molecular flexibility index (Phi) is 4.15. The third-order valence-corrected chi connectivity index (χ3v) is 3.38. The summed E-state index contributed by atoms with van der Waals surface area (Å²) in [5.41, 5.74) is 7.24. The van der Waals surface area contributed by atoms with Crippen LogP contribution in [0.1, 0.15) is 31.0 Å². The van der Waals surface area contributed by atoms with E-state index < -0.39 is 0 Å². The Morgan fingerprint density at radius 2 is 2.50 bits per heavy atom. The van der Waals surface area contributed by atoms with Crippen molar-refractivity contribution >= 4 is 5.84 Å². The number of amidine groups is 1. The van der Waals surface area contributed by atoms with Crippen LogP contribution in [0.25, 0.3) is 0 Å². The van der Waals surface area contributed by atoms with E-state index in [9.17, 15) is 0 Å². The first-order chi connectivity index (χ1) is 8.70. The maximum atomic E-state index is 8.77. The number of nitrogens with zero attached hydrogens (tertiary/aromatic N) is 3. The molecule has 5 heteroatoms. The third-order valence-electron chi connectivity index (χ3n) is 3.38. The molecule has 0 radical (unpaired) electrons. The molecule has 1 saturated heterocycles. The molecule has 1 aromatic heterocycles. The van der Waals surface area contributed by atoms with Crippen LogP contribution in [0, 0.1) is 5.92 Å². The van der Waals surface area contributed by atoms with Crippen molar-refractivity contribution in [1.82, 2.24) is 9.88 Å². The van der Waals surface area contributed by atoms with Crippen LogP contribution in [0.4, 0.5) is 0 Å². The summed E-state index contributed by atoms with van der Waals surface area (Å²) in [5.74, 6) is 0.818. The van der Waals surface area contributed by atoms with Crippen LogP contribution in [0.5, 0.6) is 0 Å². The van der Waals surface area contributed by atoms with Gasteiger partial charge in [0.15, 0.2) is 5.84 Å². The van der Waals surface area contributed by atoms with Gasteiger partial charge in [0.05, 0.1) is 0 Å². The van der Waals surface area contributed by atoms with E-state index in [1.165, 1.54) is 12.8 Å². The van der Waals surface area contributed by atoms with Crippen LogP contribution in [0.15, 0.2) is 23.5 Å². The molecule has 3 N–H and O–H groups in total. The number of nitrogens with two attached hydrogens (primary N) is 1. The third kappa shape index (κ3) is 2.98. The van der Waals surface area contributed by atoms with Gasteiger partial charge in [-0.1, -0.05) is 18.1 Å². The first kappa shape index (κ1) is 12.8. The molecule has 1 aliphatic rings. The van der Waals surface area contributed by atoms with Crippen LogP contribution in [-0.4, -0.2) is 34.0 Å². The molecule has 1 aromatic rings. The lowest BCUT2D eigenvalue weighted by atomic mass is 9.99. The fourth-order valence-corrected chi connectivity index (χ4v) is 2.52. The van der Waals surface area contributed by atoms with E-state index in [0.717, 1.165) is 31.1 Å². The number of aromatic nitrogens is 1. The van der Waals surface area contributed by atoms with Crippen LogP contribution < -0.4 is 5.73 Å². The van der Waals surface area contributed by atoms with E-state index in [-0.39, 0.29) is 5.84 Å². The van der Waals surface area contributed by atoms with Gasteiger partial charge in [0, 0.05) is 19.3 Å². The monoisotopic (exact) mass is 248 g/mol. The molecular formula is C13H20N4O. The molecular weight excluding hydrogens is 228 g/mol. The Bertz CT molecular complexity index is 433. The minimum atomic E-state index is 0.0793. The first-order valence-corrected chi connectivity index (χ1v) is 6.35. The van der Waals surface area contributed by atoms with Crippen LogP contribution >= 0.6 is 0 Å². The molecule has 0 spiro atoms. The molecule has 1 atom stereocenters. The SMILES string of the molecule is CC1CCCN(Cc2cccnc2C(N)=NO)C1. The highest BCUT2D eigenvalue weighted by atomic mass is 16.4. The van der Waals surface area contributed by atoms with Crippen LogP contribution in [0.2, 0.25) is 0 Å². The van der Waals surface area contributed by atoms with Gasteiger partial charge in [0.25, 0.3) is 0 Å².